The molecule has 0 bridgehead atoms. The van der Waals surface area contributed by atoms with Crippen molar-refractivity contribution in [1.29, 1.82) is 0 Å². The molecule has 0 unspecified atom stereocenters. The Balaban J connectivity index is 1.14. The zero-order valence-corrected chi connectivity index (χ0v) is 33.3. The molecule has 0 aliphatic heterocycles. The second kappa shape index (κ2) is 11.9. The summed E-state index contributed by atoms with van der Waals surface area (Å²) in [4.78, 5) is 0. The summed E-state index contributed by atoms with van der Waals surface area (Å²) in [6.45, 7) is 0. The van der Waals surface area contributed by atoms with Crippen molar-refractivity contribution in [1.82, 2.24) is 4.57 Å². The maximum absolute atomic E-state index is 2.60. The number of rotatable bonds is 2. The van der Waals surface area contributed by atoms with Gasteiger partial charge in [0, 0.05) is 16.5 Å². The van der Waals surface area contributed by atoms with Gasteiger partial charge in [-0.05, 0) is 119 Å². The van der Waals surface area contributed by atoms with Gasteiger partial charge in [0.1, 0.15) is 0 Å². The van der Waals surface area contributed by atoms with E-state index in [1.165, 1.54) is 110 Å². The van der Waals surface area contributed by atoms with Gasteiger partial charge < -0.3 is 4.57 Å². The largest absolute Gasteiger partial charge is 0.309 e. The molecule has 14 rings (SSSR count). The molecule has 3 aliphatic carbocycles. The highest BCUT2D eigenvalue weighted by molar-refractivity contribution is 6.22. The number of benzene rings is 10. The Morgan fingerprint density at radius 3 is 1.39 bits per heavy atom. The Bertz CT molecular complexity index is 3560. The maximum atomic E-state index is 2.60. The van der Waals surface area contributed by atoms with Gasteiger partial charge in [0.15, 0.2) is 0 Å². The highest BCUT2D eigenvalue weighted by Gasteiger charge is 2.59. The molecule has 282 valence electrons. The number of fused-ring (bicyclic) bond motifs is 21. The number of aromatic nitrogens is 1. The first-order chi connectivity index (χ1) is 30.3. The van der Waals surface area contributed by atoms with Crippen molar-refractivity contribution in [3.05, 3.63) is 269 Å². The predicted molar refractivity (Wildman–Crippen MR) is 252 cm³/mol. The Morgan fingerprint density at radius 1 is 0.279 bits per heavy atom. The summed E-state index contributed by atoms with van der Waals surface area (Å²) in [6.07, 6.45) is 0. The van der Waals surface area contributed by atoms with Crippen molar-refractivity contribution in [2.24, 2.45) is 0 Å². The quantitative estimate of drug-likeness (QED) is 0.165. The molecule has 2 spiro atoms. The fraction of sp³-hybridized carbons (Fsp3) is 0.0333. The summed E-state index contributed by atoms with van der Waals surface area (Å²) in [7, 11) is 0. The molecule has 11 aromatic rings. The topological polar surface area (TPSA) is 4.93 Å². The second-order valence-corrected chi connectivity index (χ2v) is 17.1. The van der Waals surface area contributed by atoms with Crippen LogP contribution in [0.1, 0.15) is 44.5 Å². The van der Waals surface area contributed by atoms with Gasteiger partial charge in [0.2, 0.25) is 0 Å². The predicted octanol–water partition coefficient (Wildman–Crippen LogP) is 14.6. The fourth-order valence-electron chi connectivity index (χ4n) is 12.2. The monoisotopic (exact) mass is 771 g/mol. The van der Waals surface area contributed by atoms with E-state index in [-0.39, 0.29) is 0 Å². The first kappa shape index (κ1) is 33.1. The molecule has 0 amide bonds. The van der Waals surface area contributed by atoms with Crippen molar-refractivity contribution in [3.8, 4) is 39.1 Å². The summed E-state index contributed by atoms with van der Waals surface area (Å²) in [5, 5.41) is 5.09. The van der Waals surface area contributed by atoms with Crippen LogP contribution in [0, 0.1) is 0 Å². The molecule has 0 saturated heterocycles. The van der Waals surface area contributed by atoms with Crippen LogP contribution in [-0.2, 0) is 10.8 Å². The van der Waals surface area contributed by atoms with Gasteiger partial charge in [-0.15, -0.1) is 0 Å². The standard InChI is InChI=1S/C60H37N/c1-2-17-38(18-3-1)40-20-16-21-41(35-40)61-56-34-33-39-19-4-5-22-42(39)58(56)47-36-55-46(37-57(47)61)45-25-8-11-28-50(45)60(55)53-31-14-12-29-51(53)59(52-30-13-15-32-54(52)60)48-26-9-6-23-43(48)44-24-7-10-27-49(44)59/h1-37H. The fourth-order valence-corrected chi connectivity index (χ4v) is 12.2. The lowest BCUT2D eigenvalue weighted by Crippen LogP contribution is -2.43. The normalized spacial score (nSPS) is 14.5. The van der Waals surface area contributed by atoms with Crippen LogP contribution in [0.25, 0.3) is 71.6 Å². The molecular formula is C60H37N. The average molecular weight is 772 g/mol. The molecule has 0 saturated carbocycles. The molecule has 1 heteroatoms. The summed E-state index contributed by atoms with van der Waals surface area (Å²) >= 11 is 0. The smallest absolute Gasteiger partial charge is 0.0720 e. The molecule has 1 heterocycles. The molecule has 0 N–H and O–H groups in total. The molecule has 0 radical (unpaired) electrons. The lowest BCUT2D eigenvalue weighted by atomic mass is 9.52. The molecule has 1 aromatic heterocycles. The Kier molecular flexibility index (Phi) is 6.48. The lowest BCUT2D eigenvalue weighted by Gasteiger charge is -2.48. The van der Waals surface area contributed by atoms with Crippen molar-refractivity contribution >= 4 is 32.6 Å². The van der Waals surface area contributed by atoms with E-state index in [1.54, 1.807) is 0 Å². The molecule has 1 nitrogen and oxygen atoms in total. The van der Waals surface area contributed by atoms with Gasteiger partial charge in [0.05, 0.1) is 21.9 Å². The first-order valence-corrected chi connectivity index (χ1v) is 21.4. The van der Waals surface area contributed by atoms with Crippen LogP contribution >= 0.6 is 0 Å². The van der Waals surface area contributed by atoms with Gasteiger partial charge in [0.25, 0.3) is 0 Å². The Morgan fingerprint density at radius 2 is 0.770 bits per heavy atom. The SMILES string of the molecule is c1ccc(-c2cccc(-n3c4cc5c(cc4c4c6ccccc6ccc43)C3(c4ccccc4-5)c4ccccc4C4(c5ccccc5-c5ccccc54)c4ccccc43)c2)cc1. The number of hydrogen-bond donors (Lipinski definition) is 0. The van der Waals surface area contributed by atoms with Crippen molar-refractivity contribution in [3.63, 3.8) is 0 Å². The van der Waals surface area contributed by atoms with Crippen LogP contribution in [0.3, 0.4) is 0 Å². The van der Waals surface area contributed by atoms with Crippen molar-refractivity contribution in [2.75, 3.05) is 0 Å². The zero-order chi connectivity index (χ0) is 39.9. The van der Waals surface area contributed by atoms with E-state index < -0.39 is 10.8 Å². The van der Waals surface area contributed by atoms with E-state index >= 15 is 0 Å². The minimum Gasteiger partial charge on any atom is -0.309 e. The van der Waals surface area contributed by atoms with Crippen LogP contribution < -0.4 is 0 Å². The maximum Gasteiger partial charge on any atom is 0.0720 e. The summed E-state index contributed by atoms with van der Waals surface area (Å²) in [6, 6.07) is 84.8. The van der Waals surface area contributed by atoms with E-state index in [9.17, 15) is 0 Å². The van der Waals surface area contributed by atoms with E-state index in [1.807, 2.05) is 0 Å². The summed E-state index contributed by atoms with van der Waals surface area (Å²) in [5.41, 5.74) is 21.1. The summed E-state index contributed by atoms with van der Waals surface area (Å²) < 4.78 is 2.52. The van der Waals surface area contributed by atoms with Crippen LogP contribution in [-0.4, -0.2) is 4.57 Å². The molecule has 0 atom stereocenters. The van der Waals surface area contributed by atoms with Crippen molar-refractivity contribution < 1.29 is 0 Å². The molecule has 10 aromatic carbocycles. The number of hydrogen-bond acceptors (Lipinski definition) is 0. The lowest BCUT2D eigenvalue weighted by molar-refractivity contribution is 0.633. The minimum absolute atomic E-state index is 0.469. The molecular weight excluding hydrogens is 735 g/mol. The highest BCUT2D eigenvalue weighted by Crippen LogP contribution is 2.67. The van der Waals surface area contributed by atoms with E-state index in [0.29, 0.717) is 0 Å². The summed E-state index contributed by atoms with van der Waals surface area (Å²) in [5.74, 6) is 0. The average Bonchev–Trinajstić information content (AvgIpc) is 3.93. The zero-order valence-electron chi connectivity index (χ0n) is 33.3. The van der Waals surface area contributed by atoms with Crippen molar-refractivity contribution in [2.45, 2.75) is 10.8 Å². The number of nitrogens with zero attached hydrogens (tertiary/aromatic N) is 1. The third kappa shape index (κ3) is 4.02. The van der Waals surface area contributed by atoms with E-state index in [4.69, 9.17) is 0 Å². The molecule has 3 aliphatic rings. The second-order valence-electron chi connectivity index (χ2n) is 17.1. The molecule has 61 heavy (non-hydrogen) atoms. The van der Waals surface area contributed by atoms with Gasteiger partial charge in [-0.2, -0.15) is 0 Å². The third-order valence-electron chi connectivity index (χ3n) is 14.5. The van der Waals surface area contributed by atoms with E-state index in [0.717, 1.165) is 5.69 Å². The van der Waals surface area contributed by atoms with Gasteiger partial charge >= 0.3 is 0 Å². The van der Waals surface area contributed by atoms with Gasteiger partial charge in [-0.3, -0.25) is 0 Å². The van der Waals surface area contributed by atoms with Crippen LogP contribution in [0.5, 0.6) is 0 Å². The minimum atomic E-state index is -0.558. The Hall–Kier alpha value is -7.74. The third-order valence-corrected chi connectivity index (χ3v) is 14.5. The first-order valence-electron chi connectivity index (χ1n) is 21.4. The van der Waals surface area contributed by atoms with Crippen LogP contribution in [0.4, 0.5) is 0 Å². The van der Waals surface area contributed by atoms with E-state index in [2.05, 4.69) is 229 Å². The Labute approximate surface area is 354 Å². The van der Waals surface area contributed by atoms with Crippen LogP contribution in [0.2, 0.25) is 0 Å². The van der Waals surface area contributed by atoms with Crippen LogP contribution in [0.15, 0.2) is 224 Å². The van der Waals surface area contributed by atoms with Gasteiger partial charge in [-0.25, -0.2) is 0 Å². The molecule has 0 fully saturated rings. The highest BCUT2D eigenvalue weighted by atomic mass is 15.0. The van der Waals surface area contributed by atoms with Gasteiger partial charge in [-0.1, -0.05) is 194 Å².